The predicted octanol–water partition coefficient (Wildman–Crippen LogP) is 2.46. The fourth-order valence-corrected chi connectivity index (χ4v) is 2.82. The van der Waals surface area contributed by atoms with E-state index in [0.717, 1.165) is 18.1 Å². The third-order valence-electron chi connectivity index (χ3n) is 2.59. The molecule has 82 valence electrons. The summed E-state index contributed by atoms with van der Waals surface area (Å²) in [5.74, 6) is 3.34. The van der Waals surface area contributed by atoms with Crippen molar-refractivity contribution >= 4 is 29.2 Å². The quantitative estimate of drug-likeness (QED) is 0.758. The van der Waals surface area contributed by atoms with Crippen molar-refractivity contribution in [1.29, 1.82) is 0 Å². The Labute approximate surface area is 99.2 Å². The number of hydrogen-bond acceptors (Lipinski definition) is 4. The second-order valence-corrected chi connectivity index (χ2v) is 5.25. The molecule has 1 aromatic heterocycles. The molecule has 1 aromatic rings. The van der Waals surface area contributed by atoms with Gasteiger partial charge in [-0.25, -0.2) is 9.97 Å². The lowest BCUT2D eigenvalue weighted by Gasteiger charge is -2.27. The fourth-order valence-electron chi connectivity index (χ4n) is 1.69. The first-order valence-corrected chi connectivity index (χ1v) is 6.62. The van der Waals surface area contributed by atoms with Gasteiger partial charge in [0, 0.05) is 18.3 Å². The van der Waals surface area contributed by atoms with Gasteiger partial charge in [-0.1, -0.05) is 11.6 Å². The zero-order valence-electron chi connectivity index (χ0n) is 8.69. The van der Waals surface area contributed by atoms with Crippen LogP contribution in [-0.4, -0.2) is 34.1 Å². The monoisotopic (exact) mass is 243 g/mol. The summed E-state index contributed by atoms with van der Waals surface area (Å²) in [6.07, 6.45) is 4.57. The van der Waals surface area contributed by atoms with E-state index in [1.807, 2.05) is 11.8 Å². The van der Waals surface area contributed by atoms with Crippen molar-refractivity contribution in [3.05, 3.63) is 17.5 Å². The van der Waals surface area contributed by atoms with Crippen LogP contribution in [-0.2, 0) is 0 Å². The lowest BCUT2D eigenvalue weighted by Crippen LogP contribution is -2.34. The summed E-state index contributed by atoms with van der Waals surface area (Å²) >= 11 is 7.73. The standard InChI is InChI=1S/C10H14ClN3S/c1-8-2-4-15-5-3-14(8)10-7-12-9(11)6-13-10/h6-8H,2-5H2,1H3. The van der Waals surface area contributed by atoms with Crippen molar-refractivity contribution in [2.45, 2.75) is 19.4 Å². The molecule has 2 rings (SSSR count). The molecule has 5 heteroatoms. The van der Waals surface area contributed by atoms with Crippen LogP contribution in [0.15, 0.2) is 12.4 Å². The minimum Gasteiger partial charge on any atom is -0.352 e. The van der Waals surface area contributed by atoms with Gasteiger partial charge in [0.15, 0.2) is 0 Å². The van der Waals surface area contributed by atoms with E-state index in [1.54, 1.807) is 12.4 Å². The molecule has 1 aliphatic rings. The SMILES string of the molecule is CC1CCSCCN1c1cnc(Cl)cn1. The van der Waals surface area contributed by atoms with Crippen molar-refractivity contribution in [1.82, 2.24) is 9.97 Å². The number of nitrogens with zero attached hydrogens (tertiary/aromatic N) is 3. The van der Waals surface area contributed by atoms with Crippen LogP contribution >= 0.6 is 23.4 Å². The first kappa shape index (κ1) is 11.0. The van der Waals surface area contributed by atoms with Gasteiger partial charge in [-0.2, -0.15) is 11.8 Å². The van der Waals surface area contributed by atoms with Crippen LogP contribution in [0.2, 0.25) is 5.15 Å². The summed E-state index contributed by atoms with van der Waals surface area (Å²) in [5, 5.41) is 0.454. The lowest BCUT2D eigenvalue weighted by atomic mass is 10.2. The molecule has 1 aliphatic heterocycles. The van der Waals surface area contributed by atoms with Crippen molar-refractivity contribution in [3.8, 4) is 0 Å². The second kappa shape index (κ2) is 5.03. The van der Waals surface area contributed by atoms with E-state index in [9.17, 15) is 0 Å². The minimum absolute atomic E-state index is 0.454. The maximum Gasteiger partial charge on any atom is 0.147 e. The van der Waals surface area contributed by atoms with Gasteiger partial charge in [0.2, 0.25) is 0 Å². The number of hydrogen-bond donors (Lipinski definition) is 0. The molecule has 3 nitrogen and oxygen atoms in total. The van der Waals surface area contributed by atoms with E-state index >= 15 is 0 Å². The third-order valence-corrected chi connectivity index (χ3v) is 3.78. The number of rotatable bonds is 1. The molecule has 0 saturated carbocycles. The van der Waals surface area contributed by atoms with Crippen LogP contribution < -0.4 is 4.90 Å². The summed E-state index contributed by atoms with van der Waals surface area (Å²) in [6.45, 7) is 3.28. The Morgan fingerprint density at radius 3 is 3.00 bits per heavy atom. The van der Waals surface area contributed by atoms with Gasteiger partial charge in [0.25, 0.3) is 0 Å². The molecule has 15 heavy (non-hydrogen) atoms. The number of anilines is 1. The molecule has 0 amide bonds. The van der Waals surface area contributed by atoms with Crippen LogP contribution in [0.3, 0.4) is 0 Å². The maximum absolute atomic E-state index is 5.72. The molecule has 1 atom stereocenters. The van der Waals surface area contributed by atoms with Crippen molar-refractivity contribution < 1.29 is 0 Å². The summed E-state index contributed by atoms with van der Waals surface area (Å²) in [5.41, 5.74) is 0. The molecule has 0 N–H and O–H groups in total. The maximum atomic E-state index is 5.72. The Balaban J connectivity index is 2.16. The fraction of sp³-hybridized carbons (Fsp3) is 0.600. The normalized spacial score (nSPS) is 22.5. The molecule has 0 radical (unpaired) electrons. The third kappa shape index (κ3) is 2.75. The van der Waals surface area contributed by atoms with Crippen molar-refractivity contribution in [2.24, 2.45) is 0 Å². The molecular weight excluding hydrogens is 230 g/mol. The Kier molecular flexibility index (Phi) is 3.70. The Hall–Kier alpha value is -0.480. The first-order chi connectivity index (χ1) is 7.27. The van der Waals surface area contributed by atoms with Gasteiger partial charge in [-0.05, 0) is 19.1 Å². The largest absolute Gasteiger partial charge is 0.352 e. The van der Waals surface area contributed by atoms with E-state index in [1.165, 1.54) is 12.2 Å². The topological polar surface area (TPSA) is 29.0 Å². The van der Waals surface area contributed by atoms with Gasteiger partial charge in [0.1, 0.15) is 11.0 Å². The lowest BCUT2D eigenvalue weighted by molar-refractivity contribution is 0.637. The Morgan fingerprint density at radius 2 is 2.27 bits per heavy atom. The molecule has 2 heterocycles. The molecule has 1 fully saturated rings. The highest BCUT2D eigenvalue weighted by atomic mass is 35.5. The molecule has 1 saturated heterocycles. The van der Waals surface area contributed by atoms with Gasteiger partial charge in [-0.3, -0.25) is 0 Å². The summed E-state index contributed by atoms with van der Waals surface area (Å²) in [4.78, 5) is 10.7. The average Bonchev–Trinajstić information content (AvgIpc) is 2.44. The predicted molar refractivity (Wildman–Crippen MR) is 65.8 cm³/mol. The van der Waals surface area contributed by atoms with Crippen LogP contribution in [0.5, 0.6) is 0 Å². The van der Waals surface area contributed by atoms with Crippen LogP contribution in [0, 0.1) is 0 Å². The highest BCUT2D eigenvalue weighted by Crippen LogP contribution is 2.21. The molecule has 0 spiro atoms. The molecular formula is C10H14ClN3S. The van der Waals surface area contributed by atoms with E-state index in [2.05, 4.69) is 21.8 Å². The molecule has 0 aromatic carbocycles. The van der Waals surface area contributed by atoms with Gasteiger partial charge in [0.05, 0.1) is 12.4 Å². The van der Waals surface area contributed by atoms with Crippen molar-refractivity contribution in [2.75, 3.05) is 23.0 Å². The number of aromatic nitrogens is 2. The smallest absolute Gasteiger partial charge is 0.147 e. The summed E-state index contributed by atoms with van der Waals surface area (Å²) in [7, 11) is 0. The van der Waals surface area contributed by atoms with E-state index in [0.29, 0.717) is 11.2 Å². The molecule has 0 bridgehead atoms. The van der Waals surface area contributed by atoms with E-state index < -0.39 is 0 Å². The zero-order chi connectivity index (χ0) is 10.7. The summed E-state index contributed by atoms with van der Waals surface area (Å²) < 4.78 is 0. The van der Waals surface area contributed by atoms with Crippen LogP contribution in [0.1, 0.15) is 13.3 Å². The Morgan fingerprint density at radius 1 is 1.40 bits per heavy atom. The highest BCUT2D eigenvalue weighted by molar-refractivity contribution is 7.99. The highest BCUT2D eigenvalue weighted by Gasteiger charge is 2.18. The van der Waals surface area contributed by atoms with Gasteiger partial charge in [-0.15, -0.1) is 0 Å². The molecule has 1 unspecified atom stereocenters. The minimum atomic E-state index is 0.454. The first-order valence-electron chi connectivity index (χ1n) is 5.09. The van der Waals surface area contributed by atoms with Gasteiger partial charge >= 0.3 is 0 Å². The van der Waals surface area contributed by atoms with E-state index in [-0.39, 0.29) is 0 Å². The van der Waals surface area contributed by atoms with Gasteiger partial charge < -0.3 is 4.90 Å². The number of thioether (sulfide) groups is 1. The second-order valence-electron chi connectivity index (χ2n) is 3.64. The van der Waals surface area contributed by atoms with Crippen molar-refractivity contribution in [3.63, 3.8) is 0 Å². The average molecular weight is 244 g/mol. The number of halogens is 1. The Bertz CT molecular complexity index is 317. The van der Waals surface area contributed by atoms with E-state index in [4.69, 9.17) is 11.6 Å². The summed E-state index contributed by atoms with van der Waals surface area (Å²) in [6, 6.07) is 0.537. The van der Waals surface area contributed by atoms with Crippen LogP contribution in [0.4, 0.5) is 5.82 Å². The van der Waals surface area contributed by atoms with Crippen LogP contribution in [0.25, 0.3) is 0 Å². The molecule has 0 aliphatic carbocycles. The zero-order valence-corrected chi connectivity index (χ0v) is 10.3.